The Morgan fingerprint density at radius 2 is 1.91 bits per heavy atom. The summed E-state index contributed by atoms with van der Waals surface area (Å²) >= 11 is 12.1. The van der Waals surface area contributed by atoms with E-state index < -0.39 is 5.91 Å². The molecule has 0 unspecified atom stereocenters. The van der Waals surface area contributed by atoms with Crippen LogP contribution in [0.25, 0.3) is 6.08 Å². The van der Waals surface area contributed by atoms with Crippen LogP contribution in [0.5, 0.6) is 11.5 Å². The Hall–Kier alpha value is -3.72. The molecule has 1 N–H and O–H groups in total. The zero-order valence-electron chi connectivity index (χ0n) is 19.4. The van der Waals surface area contributed by atoms with Gasteiger partial charge in [0.15, 0.2) is 11.5 Å². The van der Waals surface area contributed by atoms with Crippen molar-refractivity contribution in [1.82, 2.24) is 0 Å². The first kappa shape index (κ1) is 25.9. The quantitative estimate of drug-likeness (QED) is 0.190. The maximum atomic E-state index is 12.8. The smallest absolute Gasteiger partial charge is 0.266 e. The fourth-order valence-corrected chi connectivity index (χ4v) is 3.67. The van der Waals surface area contributed by atoms with Gasteiger partial charge in [-0.15, -0.1) is 6.58 Å². The van der Waals surface area contributed by atoms with Crippen LogP contribution in [0, 0.1) is 18.3 Å². The first-order valence-corrected chi connectivity index (χ1v) is 11.5. The molecule has 1 amide bonds. The highest BCUT2D eigenvalue weighted by Gasteiger charge is 2.16. The minimum Gasteiger partial charge on any atom is -0.493 e. The lowest BCUT2D eigenvalue weighted by Crippen LogP contribution is -2.14. The van der Waals surface area contributed by atoms with Crippen molar-refractivity contribution in [2.75, 3.05) is 12.4 Å². The summed E-state index contributed by atoms with van der Waals surface area (Å²) in [4.78, 5) is 12.8. The SMILES string of the molecule is C=CCc1cc(/C=C(/C#N)C(=O)Nc2cccc(Cl)c2C)cc(OC)c1OCc1ccc(Cl)cc1. The number of hydrogen-bond acceptors (Lipinski definition) is 4. The minimum atomic E-state index is -0.537. The summed E-state index contributed by atoms with van der Waals surface area (Å²) in [5.74, 6) is 0.509. The second-order valence-electron chi connectivity index (χ2n) is 7.66. The number of nitrogens with one attached hydrogen (secondary N) is 1. The Morgan fingerprint density at radius 1 is 1.17 bits per heavy atom. The third kappa shape index (κ3) is 6.66. The molecule has 35 heavy (non-hydrogen) atoms. The predicted octanol–water partition coefficient (Wildman–Crippen LogP) is 7.16. The molecule has 0 saturated heterocycles. The Labute approximate surface area is 215 Å². The van der Waals surface area contributed by atoms with Gasteiger partial charge in [-0.2, -0.15) is 5.26 Å². The van der Waals surface area contributed by atoms with Crippen LogP contribution in [0.3, 0.4) is 0 Å². The van der Waals surface area contributed by atoms with Gasteiger partial charge in [0, 0.05) is 21.3 Å². The van der Waals surface area contributed by atoms with Crippen LogP contribution in [0.2, 0.25) is 10.0 Å². The average Bonchev–Trinajstić information content (AvgIpc) is 2.85. The molecule has 0 spiro atoms. The molecule has 0 fully saturated rings. The minimum absolute atomic E-state index is 0.0641. The number of carbonyl (C=O) groups is 1. The largest absolute Gasteiger partial charge is 0.493 e. The summed E-state index contributed by atoms with van der Waals surface area (Å²) in [7, 11) is 1.54. The fraction of sp³-hybridized carbons (Fsp3) is 0.143. The van der Waals surface area contributed by atoms with Crippen LogP contribution in [0.15, 0.2) is 72.8 Å². The lowest BCUT2D eigenvalue weighted by atomic mass is 10.0. The zero-order chi connectivity index (χ0) is 25.4. The summed E-state index contributed by atoms with van der Waals surface area (Å²) in [5, 5.41) is 13.6. The summed E-state index contributed by atoms with van der Waals surface area (Å²) < 4.78 is 11.7. The molecule has 0 radical (unpaired) electrons. The molecule has 3 aromatic carbocycles. The Kier molecular flexibility index (Phi) is 8.97. The van der Waals surface area contributed by atoms with E-state index in [4.69, 9.17) is 32.7 Å². The highest BCUT2D eigenvalue weighted by molar-refractivity contribution is 6.32. The van der Waals surface area contributed by atoms with E-state index in [-0.39, 0.29) is 5.57 Å². The van der Waals surface area contributed by atoms with Crippen LogP contribution in [-0.2, 0) is 17.8 Å². The summed E-state index contributed by atoms with van der Waals surface area (Å²) in [6.07, 6.45) is 3.76. The normalized spacial score (nSPS) is 10.9. The highest BCUT2D eigenvalue weighted by Crippen LogP contribution is 2.35. The number of methoxy groups -OCH3 is 1. The van der Waals surface area contributed by atoms with Crippen molar-refractivity contribution in [2.24, 2.45) is 0 Å². The molecule has 0 bridgehead atoms. The molecule has 0 aromatic heterocycles. The van der Waals surface area contributed by atoms with Crippen LogP contribution in [0.4, 0.5) is 5.69 Å². The number of hydrogen-bond donors (Lipinski definition) is 1. The number of ether oxygens (including phenoxy) is 2. The molecular formula is C28H24Cl2N2O3. The first-order chi connectivity index (χ1) is 16.9. The van der Waals surface area contributed by atoms with E-state index in [1.165, 1.54) is 13.2 Å². The van der Waals surface area contributed by atoms with Crippen LogP contribution in [-0.4, -0.2) is 13.0 Å². The molecule has 0 aliphatic heterocycles. The molecule has 7 heteroatoms. The number of nitrogens with zero attached hydrogens (tertiary/aromatic N) is 1. The first-order valence-electron chi connectivity index (χ1n) is 10.7. The van der Waals surface area contributed by atoms with Crippen molar-refractivity contribution in [3.63, 3.8) is 0 Å². The number of amides is 1. The molecule has 0 saturated carbocycles. The van der Waals surface area contributed by atoms with Crippen molar-refractivity contribution in [1.29, 1.82) is 5.26 Å². The van der Waals surface area contributed by atoms with Crippen molar-refractivity contribution in [3.8, 4) is 17.6 Å². The summed E-state index contributed by atoms with van der Waals surface area (Å²) in [6.45, 7) is 5.94. The van der Waals surface area contributed by atoms with E-state index in [1.807, 2.05) is 24.3 Å². The Balaban J connectivity index is 1.91. The standard InChI is InChI=1S/C28H24Cl2N2O3/c1-4-6-21-13-20(14-22(16-31)28(33)32-25-8-5-7-24(30)18(25)2)15-26(34-3)27(21)35-17-19-9-11-23(29)12-10-19/h4-5,7-15H,1,6,17H2,2-3H3,(H,32,33)/b22-14-. The maximum Gasteiger partial charge on any atom is 0.266 e. The topological polar surface area (TPSA) is 71.4 Å². The van der Waals surface area contributed by atoms with Gasteiger partial charge in [-0.25, -0.2) is 0 Å². The van der Waals surface area contributed by atoms with Crippen molar-refractivity contribution >= 4 is 40.9 Å². The number of nitriles is 1. The van der Waals surface area contributed by atoms with E-state index in [9.17, 15) is 10.1 Å². The Morgan fingerprint density at radius 3 is 2.57 bits per heavy atom. The molecule has 0 heterocycles. The third-order valence-electron chi connectivity index (χ3n) is 5.23. The summed E-state index contributed by atoms with van der Waals surface area (Å²) in [6, 6.07) is 18.1. The van der Waals surface area contributed by atoms with Crippen molar-refractivity contribution in [3.05, 3.63) is 105 Å². The van der Waals surface area contributed by atoms with Gasteiger partial charge in [-0.05, 0) is 72.5 Å². The molecule has 3 rings (SSSR count). The van der Waals surface area contributed by atoms with Gasteiger partial charge in [-0.3, -0.25) is 4.79 Å². The van der Waals surface area contributed by atoms with Crippen molar-refractivity contribution < 1.29 is 14.3 Å². The lowest BCUT2D eigenvalue weighted by molar-refractivity contribution is -0.112. The Bertz CT molecular complexity index is 1310. The second kappa shape index (κ2) is 12.1. The van der Waals surface area contributed by atoms with Gasteiger partial charge in [-0.1, -0.05) is 47.5 Å². The van der Waals surface area contributed by atoms with Crippen LogP contribution >= 0.6 is 23.2 Å². The van der Waals surface area contributed by atoms with E-state index in [1.54, 1.807) is 49.4 Å². The molecular weight excluding hydrogens is 483 g/mol. The number of anilines is 1. The molecule has 0 atom stereocenters. The number of benzene rings is 3. The maximum absolute atomic E-state index is 12.8. The number of allylic oxidation sites excluding steroid dienone is 1. The van der Waals surface area contributed by atoms with E-state index in [2.05, 4.69) is 11.9 Å². The van der Waals surface area contributed by atoms with E-state index in [0.29, 0.717) is 45.8 Å². The molecule has 5 nitrogen and oxygen atoms in total. The van der Waals surface area contributed by atoms with Crippen molar-refractivity contribution in [2.45, 2.75) is 20.0 Å². The molecule has 3 aromatic rings. The zero-order valence-corrected chi connectivity index (χ0v) is 20.9. The monoisotopic (exact) mass is 506 g/mol. The lowest BCUT2D eigenvalue weighted by Gasteiger charge is -2.16. The van der Waals surface area contributed by atoms with Crippen LogP contribution < -0.4 is 14.8 Å². The summed E-state index contributed by atoms with van der Waals surface area (Å²) in [5.41, 5.74) is 3.57. The van der Waals surface area contributed by atoms with Gasteiger partial charge in [0.05, 0.1) is 7.11 Å². The van der Waals surface area contributed by atoms with Gasteiger partial charge >= 0.3 is 0 Å². The predicted molar refractivity (Wildman–Crippen MR) is 141 cm³/mol. The average molecular weight is 507 g/mol. The third-order valence-corrected chi connectivity index (χ3v) is 5.89. The number of carbonyl (C=O) groups excluding carboxylic acids is 1. The van der Waals surface area contributed by atoms with Gasteiger partial charge in [0.2, 0.25) is 0 Å². The molecule has 0 aliphatic carbocycles. The number of halogens is 2. The number of rotatable bonds is 9. The van der Waals surface area contributed by atoms with Gasteiger partial charge < -0.3 is 14.8 Å². The van der Waals surface area contributed by atoms with Gasteiger partial charge in [0.25, 0.3) is 5.91 Å². The van der Waals surface area contributed by atoms with Gasteiger partial charge in [0.1, 0.15) is 18.2 Å². The fourth-order valence-electron chi connectivity index (χ4n) is 3.37. The van der Waals surface area contributed by atoms with E-state index >= 15 is 0 Å². The molecule has 178 valence electrons. The van der Waals surface area contributed by atoms with E-state index in [0.717, 1.165) is 16.7 Å². The highest BCUT2D eigenvalue weighted by atomic mass is 35.5. The second-order valence-corrected chi connectivity index (χ2v) is 8.50. The molecule has 0 aliphatic rings. The van der Waals surface area contributed by atoms with Crippen LogP contribution in [0.1, 0.15) is 22.3 Å².